The zero-order valence-corrected chi connectivity index (χ0v) is 8.44. The van der Waals surface area contributed by atoms with E-state index >= 15 is 0 Å². The van der Waals surface area contributed by atoms with Crippen molar-refractivity contribution in [3.05, 3.63) is 18.0 Å². The molecule has 0 aromatic carbocycles. The molecule has 0 N–H and O–H groups in total. The molecule has 1 saturated heterocycles. The van der Waals surface area contributed by atoms with E-state index in [2.05, 4.69) is 10.00 Å². The van der Waals surface area contributed by atoms with Gasteiger partial charge in [0.2, 0.25) is 0 Å². The van der Waals surface area contributed by atoms with Crippen LogP contribution in [-0.4, -0.2) is 40.1 Å². The predicted octanol–water partition coefficient (Wildman–Crippen LogP) is 0.699. The minimum absolute atomic E-state index is 0.132. The molecule has 0 unspecified atom stereocenters. The lowest BCUT2D eigenvalue weighted by Crippen LogP contribution is -2.27. The molecule has 1 aromatic heterocycles. The molecule has 76 valence electrons. The molecule has 0 aliphatic carbocycles. The Labute approximate surface area is 83.5 Å². The third-order valence-electron chi connectivity index (χ3n) is 2.57. The van der Waals surface area contributed by atoms with Crippen LogP contribution in [0.4, 0.5) is 0 Å². The number of rotatable bonds is 3. The second-order valence-corrected chi connectivity index (χ2v) is 3.78. The summed E-state index contributed by atoms with van der Waals surface area (Å²) in [6, 6.07) is 1.78. The van der Waals surface area contributed by atoms with E-state index in [1.54, 1.807) is 16.9 Å². The summed E-state index contributed by atoms with van der Waals surface area (Å²) in [5.41, 5.74) is 0.583. The summed E-state index contributed by atoms with van der Waals surface area (Å²) < 4.78 is 1.66. The van der Waals surface area contributed by atoms with Gasteiger partial charge >= 0.3 is 0 Å². The highest BCUT2D eigenvalue weighted by Gasteiger charge is 2.17. The Morgan fingerprint density at radius 3 is 2.79 bits per heavy atom. The Morgan fingerprint density at radius 2 is 2.21 bits per heavy atom. The van der Waals surface area contributed by atoms with E-state index in [1.165, 1.54) is 12.8 Å². The number of likely N-dealkylation sites (tertiary alicyclic amines) is 1. The summed E-state index contributed by atoms with van der Waals surface area (Å²) in [6.45, 7) is 2.63. The summed E-state index contributed by atoms with van der Waals surface area (Å²) in [5.74, 6) is 0.132. The number of aromatic nitrogens is 2. The summed E-state index contributed by atoms with van der Waals surface area (Å²) in [7, 11) is 1.83. The van der Waals surface area contributed by atoms with Crippen LogP contribution in [-0.2, 0) is 7.05 Å². The number of ketones is 1. The Balaban J connectivity index is 1.95. The van der Waals surface area contributed by atoms with Crippen LogP contribution in [0.25, 0.3) is 0 Å². The number of hydrogen-bond donors (Lipinski definition) is 0. The average molecular weight is 193 g/mol. The quantitative estimate of drug-likeness (QED) is 0.663. The Bertz CT molecular complexity index is 326. The molecular formula is C10H15N3O. The summed E-state index contributed by atoms with van der Waals surface area (Å²) in [5, 5.41) is 4.09. The molecule has 1 aromatic rings. The van der Waals surface area contributed by atoms with Gasteiger partial charge in [0.05, 0.1) is 6.54 Å². The van der Waals surface area contributed by atoms with Gasteiger partial charge in [0, 0.05) is 13.2 Å². The lowest BCUT2D eigenvalue weighted by molar-refractivity contribution is 0.0939. The van der Waals surface area contributed by atoms with Crippen LogP contribution in [0.1, 0.15) is 23.3 Å². The first-order chi connectivity index (χ1) is 6.75. The van der Waals surface area contributed by atoms with E-state index in [0.29, 0.717) is 12.2 Å². The van der Waals surface area contributed by atoms with Crippen molar-refractivity contribution < 1.29 is 4.79 Å². The fourth-order valence-corrected chi connectivity index (χ4v) is 1.79. The monoisotopic (exact) mass is 193 g/mol. The molecule has 14 heavy (non-hydrogen) atoms. The van der Waals surface area contributed by atoms with Crippen LogP contribution >= 0.6 is 0 Å². The smallest absolute Gasteiger partial charge is 0.196 e. The van der Waals surface area contributed by atoms with Crippen molar-refractivity contribution in [2.45, 2.75) is 12.8 Å². The summed E-state index contributed by atoms with van der Waals surface area (Å²) >= 11 is 0. The third-order valence-corrected chi connectivity index (χ3v) is 2.57. The minimum atomic E-state index is 0.132. The number of Topliss-reactive ketones (excluding diaryl/α,β-unsaturated/α-hetero) is 1. The van der Waals surface area contributed by atoms with Gasteiger partial charge in [0.25, 0.3) is 0 Å². The van der Waals surface area contributed by atoms with Crippen molar-refractivity contribution in [3.63, 3.8) is 0 Å². The van der Waals surface area contributed by atoms with Gasteiger partial charge in [-0.05, 0) is 32.0 Å². The third kappa shape index (κ3) is 2.01. The maximum absolute atomic E-state index is 11.7. The summed E-state index contributed by atoms with van der Waals surface area (Å²) in [6.07, 6.45) is 4.24. The van der Waals surface area contributed by atoms with Crippen LogP contribution in [0.2, 0.25) is 0 Å². The van der Waals surface area contributed by atoms with E-state index in [9.17, 15) is 4.79 Å². The Kier molecular flexibility index (Phi) is 2.63. The Hall–Kier alpha value is -1.16. The first kappa shape index (κ1) is 9.40. The highest BCUT2D eigenvalue weighted by Crippen LogP contribution is 2.08. The van der Waals surface area contributed by atoms with Crippen molar-refractivity contribution in [1.82, 2.24) is 14.7 Å². The first-order valence-electron chi connectivity index (χ1n) is 5.01. The van der Waals surface area contributed by atoms with Gasteiger partial charge in [-0.25, -0.2) is 0 Å². The molecule has 4 heteroatoms. The number of carbonyl (C=O) groups is 1. The molecule has 0 saturated carbocycles. The topological polar surface area (TPSA) is 38.1 Å². The van der Waals surface area contributed by atoms with E-state index in [1.807, 2.05) is 7.05 Å². The molecular weight excluding hydrogens is 178 g/mol. The number of carbonyl (C=O) groups excluding carboxylic acids is 1. The lowest BCUT2D eigenvalue weighted by atomic mass is 10.3. The molecule has 0 radical (unpaired) electrons. The van der Waals surface area contributed by atoms with Crippen molar-refractivity contribution >= 4 is 5.78 Å². The molecule has 1 aliphatic rings. The fourth-order valence-electron chi connectivity index (χ4n) is 1.79. The number of nitrogens with zero attached hydrogens (tertiary/aromatic N) is 3. The van der Waals surface area contributed by atoms with Gasteiger partial charge in [0.15, 0.2) is 5.78 Å². The van der Waals surface area contributed by atoms with Gasteiger partial charge in [-0.3, -0.25) is 14.4 Å². The first-order valence-corrected chi connectivity index (χ1v) is 5.01. The molecule has 0 amide bonds. The second kappa shape index (κ2) is 3.92. The van der Waals surface area contributed by atoms with Crippen LogP contribution in [0.3, 0.4) is 0 Å². The van der Waals surface area contributed by atoms with Gasteiger partial charge in [-0.2, -0.15) is 5.10 Å². The molecule has 1 aliphatic heterocycles. The molecule has 1 fully saturated rings. The number of aryl methyl sites for hydroxylation is 1. The van der Waals surface area contributed by atoms with Gasteiger partial charge in [-0.15, -0.1) is 0 Å². The van der Waals surface area contributed by atoms with Crippen LogP contribution in [0.15, 0.2) is 12.3 Å². The molecule has 0 atom stereocenters. The second-order valence-electron chi connectivity index (χ2n) is 3.78. The summed E-state index contributed by atoms with van der Waals surface area (Å²) in [4.78, 5) is 13.9. The van der Waals surface area contributed by atoms with Crippen LogP contribution < -0.4 is 0 Å². The highest BCUT2D eigenvalue weighted by molar-refractivity contribution is 5.95. The zero-order chi connectivity index (χ0) is 9.97. The van der Waals surface area contributed by atoms with E-state index in [-0.39, 0.29) is 5.78 Å². The molecule has 4 nitrogen and oxygen atoms in total. The van der Waals surface area contributed by atoms with Crippen molar-refractivity contribution in [3.8, 4) is 0 Å². The SMILES string of the molecule is Cn1ccc(C(=O)CN2CCCC2)n1. The fraction of sp³-hybridized carbons (Fsp3) is 0.600. The molecule has 0 bridgehead atoms. The van der Waals surface area contributed by atoms with Crippen molar-refractivity contribution in [2.75, 3.05) is 19.6 Å². The van der Waals surface area contributed by atoms with Crippen LogP contribution in [0.5, 0.6) is 0 Å². The normalized spacial score (nSPS) is 17.5. The van der Waals surface area contributed by atoms with Crippen molar-refractivity contribution in [1.29, 1.82) is 0 Å². The molecule has 0 spiro atoms. The minimum Gasteiger partial charge on any atom is -0.296 e. The maximum Gasteiger partial charge on any atom is 0.196 e. The average Bonchev–Trinajstić information content (AvgIpc) is 2.75. The molecule has 2 heterocycles. The number of hydrogen-bond acceptors (Lipinski definition) is 3. The highest BCUT2D eigenvalue weighted by atomic mass is 16.1. The van der Waals surface area contributed by atoms with Gasteiger partial charge in [0.1, 0.15) is 5.69 Å². The standard InChI is InChI=1S/C10H15N3O/c1-12-7-4-9(11-12)10(14)8-13-5-2-3-6-13/h4,7H,2-3,5-6,8H2,1H3. The largest absolute Gasteiger partial charge is 0.296 e. The predicted molar refractivity (Wildman–Crippen MR) is 53.2 cm³/mol. The van der Waals surface area contributed by atoms with Gasteiger partial charge in [-0.1, -0.05) is 0 Å². The molecule has 2 rings (SSSR count). The zero-order valence-electron chi connectivity index (χ0n) is 8.44. The van der Waals surface area contributed by atoms with E-state index in [4.69, 9.17) is 0 Å². The maximum atomic E-state index is 11.7. The van der Waals surface area contributed by atoms with Gasteiger partial charge < -0.3 is 0 Å². The van der Waals surface area contributed by atoms with E-state index < -0.39 is 0 Å². The van der Waals surface area contributed by atoms with Crippen molar-refractivity contribution in [2.24, 2.45) is 7.05 Å². The van der Waals surface area contributed by atoms with Crippen LogP contribution in [0, 0.1) is 0 Å². The lowest BCUT2D eigenvalue weighted by Gasteiger charge is -2.11. The Morgan fingerprint density at radius 1 is 1.50 bits per heavy atom. The van der Waals surface area contributed by atoms with E-state index in [0.717, 1.165) is 13.1 Å².